The average molecular weight is 537 g/mol. The summed E-state index contributed by atoms with van der Waals surface area (Å²) in [6.07, 6.45) is 8.63. The molecule has 0 amide bonds. The van der Waals surface area contributed by atoms with Crippen molar-refractivity contribution in [3.05, 3.63) is 84.2 Å². The van der Waals surface area contributed by atoms with Crippen molar-refractivity contribution in [3.8, 4) is 0 Å². The number of rotatable bonds is 11. The molecule has 1 aromatic carbocycles. The van der Waals surface area contributed by atoms with Crippen molar-refractivity contribution < 1.29 is 18.3 Å². The fraction of sp³-hybridized carbons (Fsp3) is 0.500. The highest BCUT2D eigenvalue weighted by atomic mass is 19.4. The first-order valence-electron chi connectivity index (χ1n) is 13.2. The maximum atomic E-state index is 12.7. The van der Waals surface area contributed by atoms with Crippen LogP contribution in [-0.4, -0.2) is 55.3 Å². The molecule has 0 aromatic heterocycles. The number of aryl methyl sites for hydroxylation is 1. The lowest BCUT2D eigenvalue weighted by molar-refractivity contribution is -0.160. The first-order valence-corrected chi connectivity index (χ1v) is 13.2. The standard InChI is InChI=1S/C14H17F3N2.C14H24N2O.C2H6/c1-2-18-9-8-13(14(15,16)17)7-6-12-19-10-4-3-5-11-19;1-6-11-8-9-12(10-13(11)15(3)4)14(17)16(5)7-2;1-2/h3-4,6,8-13,18H,2,7H2,1H3;8-10,14,17H,6-7H2,1-5H3;1-2H3/b9-8+,12-6+;;. The zero-order valence-corrected chi connectivity index (χ0v) is 24.3. The summed E-state index contributed by atoms with van der Waals surface area (Å²) in [5.74, 6) is -1.48. The van der Waals surface area contributed by atoms with E-state index in [0.29, 0.717) is 6.54 Å². The Balaban J connectivity index is 0.000000680. The minimum Gasteiger partial charge on any atom is -0.391 e. The zero-order chi connectivity index (χ0) is 29.1. The number of halogens is 3. The van der Waals surface area contributed by atoms with E-state index in [1.807, 2.05) is 59.8 Å². The monoisotopic (exact) mass is 536 g/mol. The van der Waals surface area contributed by atoms with E-state index < -0.39 is 18.3 Å². The van der Waals surface area contributed by atoms with Gasteiger partial charge in [-0.1, -0.05) is 52.0 Å². The lowest BCUT2D eigenvalue weighted by Gasteiger charge is -2.24. The van der Waals surface area contributed by atoms with Crippen molar-refractivity contribution in [1.29, 1.82) is 0 Å². The van der Waals surface area contributed by atoms with Crippen LogP contribution >= 0.6 is 0 Å². The Labute approximate surface area is 228 Å². The van der Waals surface area contributed by atoms with E-state index >= 15 is 0 Å². The summed E-state index contributed by atoms with van der Waals surface area (Å²) < 4.78 is 38.2. The summed E-state index contributed by atoms with van der Waals surface area (Å²) >= 11 is 0. The zero-order valence-electron chi connectivity index (χ0n) is 24.3. The first kappa shape index (κ1) is 35.1. The third kappa shape index (κ3) is 13.0. The molecule has 0 bridgehead atoms. The number of aliphatic hydroxyl groups excluding tert-OH is 1. The molecule has 0 fully saturated rings. The second kappa shape index (κ2) is 19.2. The van der Waals surface area contributed by atoms with Gasteiger partial charge in [0, 0.05) is 38.7 Å². The summed E-state index contributed by atoms with van der Waals surface area (Å²) in [5.41, 5.74) is 6.29. The van der Waals surface area contributed by atoms with Crippen LogP contribution in [0.1, 0.15) is 58.4 Å². The molecular weight excluding hydrogens is 489 g/mol. The molecule has 1 heterocycles. The number of allylic oxidation sites excluding steroid dienone is 4. The Hall–Kier alpha value is -2.93. The average Bonchev–Trinajstić information content (AvgIpc) is 2.92. The second-order valence-electron chi connectivity index (χ2n) is 8.52. The highest BCUT2D eigenvalue weighted by Gasteiger charge is 2.36. The maximum Gasteiger partial charge on any atom is 0.395 e. The Bertz CT molecular complexity index is 932. The van der Waals surface area contributed by atoms with Crippen molar-refractivity contribution in [2.45, 2.75) is 59.9 Å². The fourth-order valence-corrected chi connectivity index (χ4v) is 3.30. The summed E-state index contributed by atoms with van der Waals surface area (Å²) in [6, 6.07) is 6.20. The largest absolute Gasteiger partial charge is 0.395 e. The van der Waals surface area contributed by atoms with Gasteiger partial charge in [-0.2, -0.15) is 13.2 Å². The molecule has 38 heavy (non-hydrogen) atoms. The smallest absolute Gasteiger partial charge is 0.391 e. The van der Waals surface area contributed by atoms with Gasteiger partial charge < -0.3 is 20.2 Å². The summed E-state index contributed by atoms with van der Waals surface area (Å²) in [4.78, 5) is 5.67. The van der Waals surface area contributed by atoms with Crippen LogP contribution < -0.4 is 10.2 Å². The molecule has 214 valence electrons. The van der Waals surface area contributed by atoms with Crippen molar-refractivity contribution in [2.24, 2.45) is 5.92 Å². The third-order valence-corrected chi connectivity index (χ3v) is 5.60. The van der Waals surface area contributed by atoms with E-state index in [-0.39, 0.29) is 6.42 Å². The van der Waals surface area contributed by atoms with Crippen molar-refractivity contribution in [2.75, 3.05) is 39.1 Å². The number of hydrogen-bond acceptors (Lipinski definition) is 5. The SMILES string of the molecule is CC.CCN/C=C/C(C/C=C/N1C=C=CC=C1)C(F)(F)F.CCc1ccc(C(O)N(C)CC)cc1N(C)C. The van der Waals surface area contributed by atoms with Crippen LogP contribution in [0.3, 0.4) is 0 Å². The van der Waals surface area contributed by atoms with Crippen LogP contribution in [0.25, 0.3) is 0 Å². The highest BCUT2D eigenvalue weighted by molar-refractivity contribution is 5.55. The minimum atomic E-state index is -4.23. The lowest BCUT2D eigenvalue weighted by atomic mass is 10.0. The van der Waals surface area contributed by atoms with Crippen LogP contribution in [0.5, 0.6) is 0 Å². The molecule has 2 rings (SSSR count). The first-order chi connectivity index (χ1) is 18.0. The Morgan fingerprint density at radius 3 is 2.32 bits per heavy atom. The van der Waals surface area contributed by atoms with Crippen molar-refractivity contribution >= 4 is 5.69 Å². The number of anilines is 1. The quantitative estimate of drug-likeness (QED) is 0.236. The Kier molecular flexibility index (Phi) is 17.7. The Morgan fingerprint density at radius 1 is 1.13 bits per heavy atom. The molecule has 0 spiro atoms. The normalized spacial score (nSPS) is 14.3. The fourth-order valence-electron chi connectivity index (χ4n) is 3.30. The van der Waals surface area contributed by atoms with E-state index in [1.165, 1.54) is 23.5 Å². The van der Waals surface area contributed by atoms with Crippen molar-refractivity contribution in [3.63, 3.8) is 0 Å². The van der Waals surface area contributed by atoms with E-state index in [9.17, 15) is 18.3 Å². The van der Waals surface area contributed by atoms with Crippen molar-refractivity contribution in [1.82, 2.24) is 15.1 Å². The van der Waals surface area contributed by atoms with Gasteiger partial charge in [-0.25, -0.2) is 0 Å². The molecule has 2 atom stereocenters. The van der Waals surface area contributed by atoms with Crippen LogP contribution in [0.15, 0.2) is 73.0 Å². The minimum absolute atomic E-state index is 0.0900. The van der Waals surface area contributed by atoms with Gasteiger partial charge in [-0.3, -0.25) is 4.90 Å². The van der Waals surface area contributed by atoms with Crippen LogP contribution in [-0.2, 0) is 6.42 Å². The molecule has 8 heteroatoms. The summed E-state index contributed by atoms with van der Waals surface area (Å²) in [7, 11) is 6.00. The number of nitrogens with one attached hydrogen (secondary N) is 1. The van der Waals surface area contributed by atoms with Crippen LogP contribution in [0.2, 0.25) is 0 Å². The molecule has 1 aromatic rings. The molecule has 0 saturated carbocycles. The number of nitrogens with zero attached hydrogens (tertiary/aromatic N) is 3. The highest BCUT2D eigenvalue weighted by Crippen LogP contribution is 2.30. The van der Waals surface area contributed by atoms with Crippen LogP contribution in [0.4, 0.5) is 18.9 Å². The van der Waals surface area contributed by atoms with Crippen LogP contribution in [0, 0.1) is 5.92 Å². The molecule has 0 saturated heterocycles. The maximum absolute atomic E-state index is 12.7. The predicted octanol–water partition coefficient (Wildman–Crippen LogP) is 6.97. The van der Waals surface area contributed by atoms with Gasteiger partial charge in [0.05, 0.1) is 12.1 Å². The number of aliphatic hydroxyl groups is 1. The predicted molar refractivity (Wildman–Crippen MR) is 155 cm³/mol. The molecule has 0 aliphatic carbocycles. The molecular formula is C30H47F3N4O. The molecule has 5 nitrogen and oxygen atoms in total. The molecule has 2 unspecified atom stereocenters. The lowest BCUT2D eigenvalue weighted by Crippen LogP contribution is -2.24. The van der Waals surface area contributed by atoms with Gasteiger partial charge in [0.25, 0.3) is 0 Å². The molecule has 1 aliphatic heterocycles. The Morgan fingerprint density at radius 2 is 1.82 bits per heavy atom. The summed E-state index contributed by atoms with van der Waals surface area (Å²) in [6.45, 7) is 11.4. The van der Waals surface area contributed by atoms with E-state index in [0.717, 1.165) is 24.6 Å². The van der Waals surface area contributed by atoms with E-state index in [2.05, 4.69) is 35.0 Å². The second-order valence-corrected chi connectivity index (χ2v) is 8.52. The summed E-state index contributed by atoms with van der Waals surface area (Å²) in [5, 5.41) is 12.9. The van der Waals surface area contributed by atoms with E-state index in [4.69, 9.17) is 0 Å². The van der Waals surface area contributed by atoms with Gasteiger partial charge in [0.2, 0.25) is 0 Å². The van der Waals surface area contributed by atoms with Gasteiger partial charge in [-0.05, 0) is 68.9 Å². The van der Waals surface area contributed by atoms with Gasteiger partial charge in [0.1, 0.15) is 6.23 Å². The third-order valence-electron chi connectivity index (χ3n) is 5.60. The number of hydrogen-bond donors (Lipinski definition) is 2. The van der Waals surface area contributed by atoms with Gasteiger partial charge >= 0.3 is 6.18 Å². The number of alkyl halides is 3. The van der Waals surface area contributed by atoms with Gasteiger partial charge in [0.15, 0.2) is 0 Å². The molecule has 0 radical (unpaired) electrons. The van der Waals surface area contributed by atoms with Gasteiger partial charge in [-0.15, -0.1) is 5.73 Å². The molecule has 1 aliphatic rings. The molecule has 2 N–H and O–H groups in total. The topological polar surface area (TPSA) is 42.0 Å². The van der Waals surface area contributed by atoms with E-state index in [1.54, 1.807) is 35.7 Å². The number of benzene rings is 1.